The highest BCUT2D eigenvalue weighted by molar-refractivity contribution is 5.89. The molecule has 3 aromatic rings. The standard InChI is InChI=1S/C31H39N5O2/c1-4-27-22-28(21-24(2)33-27)34-30(38)32-17-20-36-18-15-31(16-19-36,26-13-9-6-10-14-26)29(37)35(3)23-25-11-7-5-8-12-25/h5-14,21-22H,4,15-20,23H2,1-3H3,(H2,32,33,34,38). The molecule has 0 aliphatic carbocycles. The van der Waals surface area contributed by atoms with Crippen LogP contribution in [0.4, 0.5) is 10.5 Å². The van der Waals surface area contributed by atoms with Crippen LogP contribution in [-0.4, -0.2) is 59.9 Å². The molecule has 2 aromatic carbocycles. The number of urea groups is 1. The second kappa shape index (κ2) is 12.7. The molecule has 200 valence electrons. The average molecular weight is 514 g/mol. The fourth-order valence-corrected chi connectivity index (χ4v) is 5.33. The van der Waals surface area contributed by atoms with E-state index in [2.05, 4.69) is 44.8 Å². The van der Waals surface area contributed by atoms with Gasteiger partial charge in [-0.25, -0.2) is 4.79 Å². The maximum absolute atomic E-state index is 13.9. The van der Waals surface area contributed by atoms with E-state index in [9.17, 15) is 9.59 Å². The van der Waals surface area contributed by atoms with Gasteiger partial charge in [-0.3, -0.25) is 9.78 Å². The number of nitrogens with one attached hydrogen (secondary N) is 2. The van der Waals surface area contributed by atoms with Crippen molar-refractivity contribution in [3.63, 3.8) is 0 Å². The number of carbonyl (C=O) groups is 2. The molecule has 7 nitrogen and oxygen atoms in total. The molecule has 1 aromatic heterocycles. The molecule has 1 aliphatic heterocycles. The number of likely N-dealkylation sites (tertiary alicyclic amines) is 1. The summed E-state index contributed by atoms with van der Waals surface area (Å²) in [5.74, 6) is 0.170. The van der Waals surface area contributed by atoms with Crippen molar-refractivity contribution < 1.29 is 9.59 Å². The van der Waals surface area contributed by atoms with Crippen molar-refractivity contribution in [2.45, 2.75) is 45.1 Å². The van der Waals surface area contributed by atoms with Crippen molar-refractivity contribution in [1.82, 2.24) is 20.1 Å². The predicted octanol–water partition coefficient (Wildman–Crippen LogP) is 4.77. The molecule has 0 atom stereocenters. The third-order valence-electron chi connectivity index (χ3n) is 7.39. The van der Waals surface area contributed by atoms with Crippen molar-refractivity contribution in [2.75, 3.05) is 38.5 Å². The maximum atomic E-state index is 13.9. The topological polar surface area (TPSA) is 77.6 Å². The van der Waals surface area contributed by atoms with E-state index in [1.807, 2.05) is 74.3 Å². The van der Waals surface area contributed by atoms with E-state index in [1.165, 1.54) is 0 Å². The maximum Gasteiger partial charge on any atom is 0.319 e. The van der Waals surface area contributed by atoms with Crippen LogP contribution >= 0.6 is 0 Å². The number of hydrogen-bond donors (Lipinski definition) is 2. The molecular weight excluding hydrogens is 474 g/mol. The number of hydrogen-bond acceptors (Lipinski definition) is 4. The Morgan fingerprint density at radius 2 is 1.66 bits per heavy atom. The van der Waals surface area contributed by atoms with Gasteiger partial charge in [-0.05, 0) is 62.5 Å². The number of aromatic nitrogens is 1. The first-order chi connectivity index (χ1) is 18.4. The molecule has 0 radical (unpaired) electrons. The molecule has 7 heteroatoms. The van der Waals surface area contributed by atoms with E-state index in [4.69, 9.17) is 0 Å². The van der Waals surface area contributed by atoms with E-state index in [0.717, 1.165) is 67.1 Å². The number of anilines is 1. The lowest BCUT2D eigenvalue weighted by molar-refractivity contribution is -0.138. The number of aryl methyl sites for hydroxylation is 2. The fourth-order valence-electron chi connectivity index (χ4n) is 5.33. The van der Waals surface area contributed by atoms with Crippen molar-refractivity contribution in [1.29, 1.82) is 0 Å². The van der Waals surface area contributed by atoms with Crippen molar-refractivity contribution in [3.8, 4) is 0 Å². The van der Waals surface area contributed by atoms with Gasteiger partial charge < -0.3 is 20.4 Å². The summed E-state index contributed by atoms with van der Waals surface area (Å²) in [6.45, 7) is 7.44. The smallest absolute Gasteiger partial charge is 0.319 e. The van der Waals surface area contributed by atoms with E-state index < -0.39 is 5.41 Å². The Labute approximate surface area is 226 Å². The summed E-state index contributed by atoms with van der Waals surface area (Å²) in [6.07, 6.45) is 2.32. The van der Waals surface area contributed by atoms with Gasteiger partial charge in [0, 0.05) is 43.8 Å². The molecule has 2 heterocycles. The second-order valence-electron chi connectivity index (χ2n) is 10.2. The average Bonchev–Trinajstić information content (AvgIpc) is 2.93. The normalized spacial score (nSPS) is 15.0. The van der Waals surface area contributed by atoms with Crippen LogP contribution in [0.15, 0.2) is 72.8 Å². The van der Waals surface area contributed by atoms with Crippen LogP contribution in [0.1, 0.15) is 42.3 Å². The van der Waals surface area contributed by atoms with Gasteiger partial charge in [0.1, 0.15) is 0 Å². The summed E-state index contributed by atoms with van der Waals surface area (Å²) in [6, 6.07) is 23.9. The molecule has 1 fully saturated rings. The van der Waals surface area contributed by atoms with Gasteiger partial charge in [0.25, 0.3) is 0 Å². The molecule has 0 unspecified atom stereocenters. The number of likely N-dealkylation sites (N-methyl/N-ethyl adjacent to an activating group) is 1. The van der Waals surface area contributed by atoms with Crippen molar-refractivity contribution in [3.05, 3.63) is 95.3 Å². The molecule has 1 aliphatic rings. The highest BCUT2D eigenvalue weighted by Crippen LogP contribution is 2.37. The zero-order valence-electron chi connectivity index (χ0n) is 22.7. The largest absolute Gasteiger partial charge is 0.341 e. The first-order valence-electron chi connectivity index (χ1n) is 13.5. The van der Waals surface area contributed by atoms with Crippen LogP contribution in [0.5, 0.6) is 0 Å². The molecule has 0 bridgehead atoms. The zero-order valence-corrected chi connectivity index (χ0v) is 22.7. The third-order valence-corrected chi connectivity index (χ3v) is 7.39. The number of amides is 3. The summed E-state index contributed by atoms with van der Waals surface area (Å²) in [5, 5.41) is 5.89. The molecule has 1 saturated heterocycles. The van der Waals surface area contributed by atoms with Crippen LogP contribution in [0, 0.1) is 6.92 Å². The Morgan fingerprint density at radius 3 is 2.32 bits per heavy atom. The van der Waals surface area contributed by atoms with Crippen molar-refractivity contribution in [2.24, 2.45) is 0 Å². The van der Waals surface area contributed by atoms with Gasteiger partial charge in [-0.2, -0.15) is 0 Å². The highest BCUT2D eigenvalue weighted by atomic mass is 16.2. The Balaban J connectivity index is 1.33. The number of piperidine rings is 1. The van der Waals surface area contributed by atoms with E-state index in [-0.39, 0.29) is 11.9 Å². The van der Waals surface area contributed by atoms with E-state index in [1.54, 1.807) is 0 Å². The molecule has 3 amide bonds. The highest BCUT2D eigenvalue weighted by Gasteiger charge is 2.44. The molecule has 0 saturated carbocycles. The summed E-state index contributed by atoms with van der Waals surface area (Å²) < 4.78 is 0. The lowest BCUT2D eigenvalue weighted by Gasteiger charge is -2.43. The van der Waals surface area contributed by atoms with Gasteiger partial charge >= 0.3 is 6.03 Å². The van der Waals surface area contributed by atoms with Gasteiger partial charge in [0.2, 0.25) is 5.91 Å². The molecule has 2 N–H and O–H groups in total. The Morgan fingerprint density at radius 1 is 1.00 bits per heavy atom. The van der Waals surface area contributed by atoms with E-state index in [0.29, 0.717) is 13.1 Å². The van der Waals surface area contributed by atoms with Gasteiger partial charge in [0.05, 0.1) is 5.41 Å². The van der Waals surface area contributed by atoms with Gasteiger partial charge in [-0.15, -0.1) is 0 Å². The number of nitrogens with zero attached hydrogens (tertiary/aromatic N) is 3. The summed E-state index contributed by atoms with van der Waals surface area (Å²) in [4.78, 5) is 35.0. The molecule has 4 rings (SSSR count). The fraction of sp³-hybridized carbons (Fsp3) is 0.387. The molecule has 0 spiro atoms. The molecule has 38 heavy (non-hydrogen) atoms. The SMILES string of the molecule is CCc1cc(NC(=O)NCCN2CCC(C(=O)N(C)Cc3ccccc3)(c3ccccc3)CC2)cc(C)n1. The van der Waals surface area contributed by atoms with Crippen molar-refractivity contribution >= 4 is 17.6 Å². The number of rotatable bonds is 9. The summed E-state index contributed by atoms with van der Waals surface area (Å²) in [5.41, 5.74) is 4.28. The summed E-state index contributed by atoms with van der Waals surface area (Å²) in [7, 11) is 1.91. The minimum absolute atomic E-state index is 0.170. The lowest BCUT2D eigenvalue weighted by Crippen LogP contribution is -2.52. The number of benzene rings is 2. The molecular formula is C31H39N5O2. The third kappa shape index (κ3) is 6.78. The van der Waals surface area contributed by atoms with Crippen LogP contribution in [0.2, 0.25) is 0 Å². The Hall–Kier alpha value is -3.71. The van der Waals surface area contributed by atoms with E-state index >= 15 is 0 Å². The Kier molecular flexibility index (Phi) is 9.13. The van der Waals surface area contributed by atoms with Crippen LogP contribution in [0.3, 0.4) is 0 Å². The Bertz CT molecular complexity index is 1210. The minimum Gasteiger partial charge on any atom is -0.341 e. The monoisotopic (exact) mass is 513 g/mol. The lowest BCUT2D eigenvalue weighted by atomic mass is 9.71. The first-order valence-corrected chi connectivity index (χ1v) is 13.5. The number of carbonyl (C=O) groups excluding carboxylic acids is 2. The predicted molar refractivity (Wildman–Crippen MR) is 152 cm³/mol. The van der Waals surface area contributed by atoms with Gasteiger partial charge in [-0.1, -0.05) is 67.6 Å². The minimum atomic E-state index is -0.539. The van der Waals surface area contributed by atoms with Gasteiger partial charge in [0.15, 0.2) is 0 Å². The quantitative estimate of drug-likeness (QED) is 0.432. The second-order valence-corrected chi connectivity index (χ2v) is 10.2. The zero-order chi connectivity index (χ0) is 27.0. The van der Waals surface area contributed by atoms with Crippen LogP contribution in [0.25, 0.3) is 0 Å². The summed E-state index contributed by atoms with van der Waals surface area (Å²) >= 11 is 0. The van der Waals surface area contributed by atoms with Crippen LogP contribution in [-0.2, 0) is 23.2 Å². The first kappa shape index (κ1) is 27.3. The van der Waals surface area contributed by atoms with Crippen LogP contribution < -0.4 is 10.6 Å². The number of pyridine rings is 1.